The maximum atomic E-state index is 8.92. The van der Waals surface area contributed by atoms with Crippen molar-refractivity contribution in [3.05, 3.63) is 52.7 Å². The number of rotatable bonds is 4. The molecule has 4 rings (SSSR count). The van der Waals surface area contributed by atoms with Crippen molar-refractivity contribution >= 4 is 11.6 Å². The van der Waals surface area contributed by atoms with Gasteiger partial charge in [-0.3, -0.25) is 0 Å². The first-order valence-corrected chi connectivity index (χ1v) is 9.32. The molecule has 0 radical (unpaired) electrons. The molecule has 0 spiro atoms. The van der Waals surface area contributed by atoms with Crippen LogP contribution in [0.4, 0.5) is 5.95 Å². The van der Waals surface area contributed by atoms with E-state index in [1.807, 2.05) is 19.4 Å². The van der Waals surface area contributed by atoms with Gasteiger partial charge in [0.15, 0.2) is 0 Å². The summed E-state index contributed by atoms with van der Waals surface area (Å²) in [6.07, 6.45) is 10.1. The van der Waals surface area contributed by atoms with Crippen LogP contribution in [-0.4, -0.2) is 46.0 Å². The average molecular weight is 361 g/mol. The van der Waals surface area contributed by atoms with Crippen LogP contribution in [0, 0.1) is 11.3 Å². The van der Waals surface area contributed by atoms with E-state index in [-0.39, 0.29) is 0 Å². The van der Waals surface area contributed by atoms with Crippen molar-refractivity contribution in [2.75, 3.05) is 25.0 Å². The Labute approximate surface area is 158 Å². The lowest BCUT2D eigenvalue weighted by Gasteiger charge is -2.26. The van der Waals surface area contributed by atoms with Gasteiger partial charge in [-0.1, -0.05) is 6.92 Å². The lowest BCUT2D eigenvalue weighted by atomic mass is 10.1. The van der Waals surface area contributed by atoms with Crippen molar-refractivity contribution in [3.63, 3.8) is 0 Å². The fourth-order valence-corrected chi connectivity index (χ4v) is 3.74. The normalized spacial score (nSPS) is 19.0. The summed E-state index contributed by atoms with van der Waals surface area (Å²) in [5.41, 5.74) is 4.12. The highest BCUT2D eigenvalue weighted by Gasteiger charge is 2.29. The molecule has 7 nitrogen and oxygen atoms in total. The maximum Gasteiger partial charge on any atom is 0.225 e. The second-order valence-electron chi connectivity index (χ2n) is 7.02. The number of likely N-dealkylation sites (N-methyl/N-ethyl adjacent to an activating group) is 1. The number of likely N-dealkylation sites (tertiary alicyclic amines) is 1. The molecule has 0 amide bonds. The van der Waals surface area contributed by atoms with E-state index in [0.717, 1.165) is 37.8 Å². The Morgan fingerprint density at radius 3 is 2.93 bits per heavy atom. The first-order valence-electron chi connectivity index (χ1n) is 9.32. The van der Waals surface area contributed by atoms with Crippen molar-refractivity contribution in [2.45, 2.75) is 32.2 Å². The Bertz CT molecular complexity index is 1010. The number of aromatic nitrogens is 3. The summed E-state index contributed by atoms with van der Waals surface area (Å²) in [5.74, 6) is 0.665. The first-order chi connectivity index (χ1) is 13.2. The standard InChI is InChI=1S/C20H23N7/c1-3-14-8-18(17-4-6-22-19(17)23-10-14)27-7-5-16(13-27)26(2)20-24-11-15(9-21)12-25-20/h4,6,10-12,16H,3,5,7-8,13H2,1-2H3,(H,22,23). The highest BCUT2D eigenvalue weighted by molar-refractivity contribution is 5.48. The van der Waals surface area contributed by atoms with Gasteiger partial charge in [0.25, 0.3) is 0 Å². The number of H-pyrrole nitrogens is 1. The second kappa shape index (κ2) is 7.23. The Kier molecular flexibility index (Phi) is 4.63. The van der Waals surface area contributed by atoms with E-state index in [2.05, 4.69) is 48.8 Å². The summed E-state index contributed by atoms with van der Waals surface area (Å²) in [5, 5.41) is 10.1. The molecule has 0 aliphatic carbocycles. The number of nitriles is 1. The summed E-state index contributed by atoms with van der Waals surface area (Å²) in [7, 11) is 2.03. The summed E-state index contributed by atoms with van der Waals surface area (Å²) < 4.78 is 0. The minimum absolute atomic E-state index is 0.335. The number of anilines is 1. The predicted molar refractivity (Wildman–Crippen MR) is 103 cm³/mol. The third-order valence-corrected chi connectivity index (χ3v) is 5.44. The monoisotopic (exact) mass is 361 g/mol. The van der Waals surface area contributed by atoms with Crippen LogP contribution in [-0.2, 0) is 0 Å². The van der Waals surface area contributed by atoms with E-state index in [4.69, 9.17) is 5.26 Å². The van der Waals surface area contributed by atoms with Gasteiger partial charge in [-0.2, -0.15) is 5.26 Å². The number of hydrogen-bond donors (Lipinski definition) is 1. The molecule has 27 heavy (non-hydrogen) atoms. The van der Waals surface area contributed by atoms with E-state index in [1.54, 1.807) is 12.4 Å². The molecule has 1 unspecified atom stereocenters. The van der Waals surface area contributed by atoms with E-state index < -0.39 is 0 Å². The Hall–Kier alpha value is -3.14. The molecule has 1 N–H and O–H groups in total. The lowest BCUT2D eigenvalue weighted by Crippen LogP contribution is -2.37. The van der Waals surface area contributed by atoms with Gasteiger partial charge in [0.1, 0.15) is 11.6 Å². The third-order valence-electron chi connectivity index (χ3n) is 5.44. The Morgan fingerprint density at radius 1 is 1.37 bits per heavy atom. The van der Waals surface area contributed by atoms with Crippen LogP contribution in [0.5, 0.6) is 0 Å². The summed E-state index contributed by atoms with van der Waals surface area (Å²) in [6, 6.07) is 4.52. The van der Waals surface area contributed by atoms with E-state index in [0.29, 0.717) is 17.6 Å². The van der Waals surface area contributed by atoms with Crippen LogP contribution in [0.25, 0.3) is 5.70 Å². The molecule has 138 valence electrons. The summed E-state index contributed by atoms with van der Waals surface area (Å²) in [6.45, 7) is 4.11. The molecule has 2 aromatic heterocycles. The molecule has 0 saturated carbocycles. The maximum absolute atomic E-state index is 8.92. The molecule has 1 saturated heterocycles. The van der Waals surface area contributed by atoms with E-state index in [1.165, 1.54) is 16.5 Å². The second-order valence-corrected chi connectivity index (χ2v) is 7.02. The summed E-state index contributed by atoms with van der Waals surface area (Å²) >= 11 is 0. The SMILES string of the molecule is CCC1=CN=c2[nH]ccc2=C(N2CCC(N(C)c3ncc(C#N)cn3)C2)C1. The van der Waals surface area contributed by atoms with Crippen LogP contribution in [0.1, 0.15) is 31.7 Å². The van der Waals surface area contributed by atoms with Gasteiger partial charge < -0.3 is 14.8 Å². The molecule has 1 fully saturated rings. The molecule has 0 bridgehead atoms. The Balaban J connectivity index is 1.57. The summed E-state index contributed by atoms with van der Waals surface area (Å²) in [4.78, 5) is 21.1. The predicted octanol–water partition coefficient (Wildman–Crippen LogP) is 1.31. The van der Waals surface area contributed by atoms with Gasteiger partial charge in [-0.05, 0) is 24.5 Å². The minimum Gasteiger partial charge on any atom is -0.372 e. The van der Waals surface area contributed by atoms with Crippen molar-refractivity contribution in [3.8, 4) is 6.07 Å². The van der Waals surface area contributed by atoms with Crippen LogP contribution in [0.3, 0.4) is 0 Å². The van der Waals surface area contributed by atoms with Gasteiger partial charge >= 0.3 is 0 Å². The molecular formula is C20H23N7. The average Bonchev–Trinajstić information content (AvgIpc) is 3.35. The molecular weight excluding hydrogens is 338 g/mol. The van der Waals surface area contributed by atoms with Crippen LogP contribution in [0.15, 0.2) is 41.4 Å². The molecule has 0 aromatic carbocycles. The topological polar surface area (TPSA) is 84.2 Å². The largest absolute Gasteiger partial charge is 0.372 e. The smallest absolute Gasteiger partial charge is 0.225 e. The molecule has 2 aliphatic rings. The Morgan fingerprint density at radius 2 is 2.19 bits per heavy atom. The fraction of sp³-hybridized carbons (Fsp3) is 0.400. The van der Waals surface area contributed by atoms with Gasteiger partial charge in [0, 0.05) is 49.9 Å². The number of fused-ring (bicyclic) bond motifs is 1. The number of nitrogens with zero attached hydrogens (tertiary/aromatic N) is 6. The van der Waals surface area contributed by atoms with Gasteiger partial charge in [0.05, 0.1) is 24.0 Å². The molecule has 7 heteroatoms. The zero-order valence-electron chi connectivity index (χ0n) is 15.7. The highest BCUT2D eigenvalue weighted by Crippen LogP contribution is 2.26. The molecule has 2 aliphatic heterocycles. The quantitative estimate of drug-likeness (QED) is 0.888. The molecule has 1 atom stereocenters. The van der Waals surface area contributed by atoms with Crippen molar-refractivity contribution < 1.29 is 0 Å². The van der Waals surface area contributed by atoms with Crippen LogP contribution >= 0.6 is 0 Å². The zero-order chi connectivity index (χ0) is 18.8. The number of aromatic amines is 1. The van der Waals surface area contributed by atoms with Crippen LogP contribution in [0.2, 0.25) is 0 Å². The number of hydrogen-bond acceptors (Lipinski definition) is 6. The fourth-order valence-electron chi connectivity index (χ4n) is 3.74. The lowest BCUT2D eigenvalue weighted by molar-refractivity contribution is 0.464. The molecule has 4 heterocycles. The van der Waals surface area contributed by atoms with Gasteiger partial charge in [0.2, 0.25) is 5.95 Å². The molecule has 2 aromatic rings. The minimum atomic E-state index is 0.335. The van der Waals surface area contributed by atoms with Gasteiger partial charge in [-0.25, -0.2) is 15.0 Å². The van der Waals surface area contributed by atoms with E-state index >= 15 is 0 Å². The van der Waals surface area contributed by atoms with Crippen molar-refractivity contribution in [1.82, 2.24) is 19.9 Å². The third kappa shape index (κ3) is 3.31. The first kappa shape index (κ1) is 17.3. The van der Waals surface area contributed by atoms with Crippen LogP contribution < -0.4 is 15.6 Å². The highest BCUT2D eigenvalue weighted by atomic mass is 15.3. The van der Waals surface area contributed by atoms with Crippen molar-refractivity contribution in [1.29, 1.82) is 5.26 Å². The van der Waals surface area contributed by atoms with E-state index in [9.17, 15) is 0 Å². The number of nitrogens with one attached hydrogen (secondary N) is 1. The van der Waals surface area contributed by atoms with Crippen molar-refractivity contribution in [2.24, 2.45) is 4.99 Å². The van der Waals surface area contributed by atoms with Gasteiger partial charge in [-0.15, -0.1) is 0 Å². The zero-order valence-corrected chi connectivity index (χ0v) is 15.7.